The molecule has 1 unspecified atom stereocenters. The molecule has 0 aliphatic carbocycles. The molecule has 1 aliphatic rings. The van der Waals surface area contributed by atoms with Gasteiger partial charge in [0.2, 0.25) is 0 Å². The predicted octanol–water partition coefficient (Wildman–Crippen LogP) is 0.0199. The Kier molecular flexibility index (Phi) is 2.49. The molecule has 1 aromatic heterocycles. The minimum Gasteiger partial charge on any atom is -0.394 e. The molecule has 2 heterocycles. The molecule has 0 saturated carbocycles. The second-order valence-electron chi connectivity index (χ2n) is 3.49. The first kappa shape index (κ1) is 9.21. The van der Waals surface area contributed by atoms with Crippen LogP contribution in [0.1, 0.15) is 12.8 Å². The average Bonchev–Trinajstić information content (AvgIpc) is 2.67. The molecule has 76 valence electrons. The smallest absolute Gasteiger partial charge is 0.151 e. The maximum atomic E-state index is 9.14. The first-order valence-electron chi connectivity index (χ1n) is 4.78. The Labute approximate surface area is 82.6 Å². The summed E-state index contributed by atoms with van der Waals surface area (Å²) >= 11 is 0. The number of nitrogens with zero attached hydrogens (tertiary/aromatic N) is 3. The summed E-state index contributed by atoms with van der Waals surface area (Å²) in [4.78, 5) is 2.08. The van der Waals surface area contributed by atoms with Gasteiger partial charge >= 0.3 is 0 Å². The average molecular weight is 194 g/mol. The highest BCUT2D eigenvalue weighted by atomic mass is 16.3. The lowest BCUT2D eigenvalue weighted by atomic mass is 10.2. The van der Waals surface area contributed by atoms with Crippen molar-refractivity contribution in [3.63, 3.8) is 0 Å². The van der Waals surface area contributed by atoms with E-state index >= 15 is 0 Å². The molecule has 1 aromatic rings. The van der Waals surface area contributed by atoms with Gasteiger partial charge in [0, 0.05) is 6.54 Å². The number of nitrogens with two attached hydrogens (primary N) is 1. The summed E-state index contributed by atoms with van der Waals surface area (Å²) in [5.74, 6) is 1.23. The van der Waals surface area contributed by atoms with Crippen LogP contribution in [0.15, 0.2) is 12.1 Å². The fourth-order valence-corrected chi connectivity index (χ4v) is 1.82. The van der Waals surface area contributed by atoms with Gasteiger partial charge in [0.05, 0.1) is 12.6 Å². The van der Waals surface area contributed by atoms with E-state index in [9.17, 15) is 0 Å². The molecule has 14 heavy (non-hydrogen) atoms. The molecule has 1 fully saturated rings. The summed E-state index contributed by atoms with van der Waals surface area (Å²) in [6, 6.07) is 3.76. The SMILES string of the molecule is Nc1ccc(N2CCCC2CO)nn1. The molecule has 0 amide bonds. The monoisotopic (exact) mass is 194 g/mol. The van der Waals surface area contributed by atoms with E-state index in [2.05, 4.69) is 15.1 Å². The predicted molar refractivity (Wildman–Crippen MR) is 53.9 cm³/mol. The quantitative estimate of drug-likeness (QED) is 0.694. The standard InChI is InChI=1S/C9H14N4O/c10-8-3-4-9(12-11-8)13-5-1-2-7(13)6-14/h3-4,7,14H,1-2,5-6H2,(H2,10,11). The van der Waals surface area contributed by atoms with E-state index in [1.54, 1.807) is 6.07 Å². The van der Waals surface area contributed by atoms with Crippen molar-refractivity contribution in [2.75, 3.05) is 23.8 Å². The molecule has 1 aliphatic heterocycles. The third-order valence-electron chi connectivity index (χ3n) is 2.55. The van der Waals surface area contributed by atoms with E-state index < -0.39 is 0 Å². The topological polar surface area (TPSA) is 75.3 Å². The van der Waals surface area contributed by atoms with Crippen molar-refractivity contribution in [3.05, 3.63) is 12.1 Å². The highest BCUT2D eigenvalue weighted by Gasteiger charge is 2.24. The summed E-state index contributed by atoms with van der Waals surface area (Å²) in [5, 5.41) is 16.9. The van der Waals surface area contributed by atoms with E-state index in [0.29, 0.717) is 5.82 Å². The molecule has 2 rings (SSSR count). The zero-order chi connectivity index (χ0) is 9.97. The van der Waals surface area contributed by atoms with Crippen LogP contribution in [-0.2, 0) is 0 Å². The summed E-state index contributed by atoms with van der Waals surface area (Å²) in [7, 11) is 0. The van der Waals surface area contributed by atoms with Gasteiger partial charge in [-0.2, -0.15) is 0 Å². The second kappa shape index (κ2) is 3.79. The summed E-state index contributed by atoms with van der Waals surface area (Å²) in [6.45, 7) is 1.11. The molecule has 0 radical (unpaired) electrons. The molecule has 5 nitrogen and oxygen atoms in total. The van der Waals surface area contributed by atoms with Crippen molar-refractivity contribution in [2.24, 2.45) is 0 Å². The largest absolute Gasteiger partial charge is 0.394 e. The van der Waals surface area contributed by atoms with Crippen molar-refractivity contribution < 1.29 is 5.11 Å². The lowest BCUT2D eigenvalue weighted by Gasteiger charge is -2.23. The highest BCUT2D eigenvalue weighted by molar-refractivity contribution is 5.43. The minimum absolute atomic E-state index is 0.173. The van der Waals surface area contributed by atoms with Gasteiger partial charge in [0.1, 0.15) is 5.82 Å². The van der Waals surface area contributed by atoms with E-state index in [1.165, 1.54) is 0 Å². The van der Waals surface area contributed by atoms with Crippen LogP contribution in [0.3, 0.4) is 0 Å². The van der Waals surface area contributed by atoms with Crippen LogP contribution < -0.4 is 10.6 Å². The van der Waals surface area contributed by atoms with Crippen LogP contribution >= 0.6 is 0 Å². The molecule has 1 atom stereocenters. The number of anilines is 2. The molecule has 0 bridgehead atoms. The zero-order valence-corrected chi connectivity index (χ0v) is 7.93. The Morgan fingerprint density at radius 1 is 1.50 bits per heavy atom. The van der Waals surface area contributed by atoms with Crippen molar-refractivity contribution in [2.45, 2.75) is 18.9 Å². The Hall–Kier alpha value is -1.36. The summed E-state index contributed by atoms with van der Waals surface area (Å²) in [5.41, 5.74) is 5.45. The van der Waals surface area contributed by atoms with Gasteiger partial charge in [-0.25, -0.2) is 0 Å². The second-order valence-corrected chi connectivity index (χ2v) is 3.49. The van der Waals surface area contributed by atoms with Crippen LogP contribution in [0.4, 0.5) is 11.6 Å². The number of nitrogen functional groups attached to an aromatic ring is 1. The minimum atomic E-state index is 0.173. The molecule has 1 saturated heterocycles. The lowest BCUT2D eigenvalue weighted by Crippen LogP contribution is -2.32. The molecular weight excluding hydrogens is 180 g/mol. The molecule has 5 heteroatoms. The van der Waals surface area contributed by atoms with Crippen LogP contribution in [0, 0.1) is 0 Å². The Morgan fingerprint density at radius 2 is 2.36 bits per heavy atom. The third-order valence-corrected chi connectivity index (χ3v) is 2.55. The van der Waals surface area contributed by atoms with Gasteiger partial charge in [-0.15, -0.1) is 10.2 Å². The fourth-order valence-electron chi connectivity index (χ4n) is 1.82. The molecule has 0 aromatic carbocycles. The van der Waals surface area contributed by atoms with Gasteiger partial charge in [0.25, 0.3) is 0 Å². The van der Waals surface area contributed by atoms with E-state index in [1.807, 2.05) is 6.07 Å². The molecular formula is C9H14N4O. The van der Waals surface area contributed by atoms with Crippen LogP contribution in [0.5, 0.6) is 0 Å². The van der Waals surface area contributed by atoms with Gasteiger partial charge in [0.15, 0.2) is 5.82 Å². The van der Waals surface area contributed by atoms with Crippen molar-refractivity contribution in [3.8, 4) is 0 Å². The summed E-state index contributed by atoms with van der Waals surface area (Å²) in [6.07, 6.45) is 2.11. The Morgan fingerprint density at radius 3 is 3.00 bits per heavy atom. The first-order chi connectivity index (χ1) is 6.81. The number of aliphatic hydroxyl groups is 1. The number of hydrogen-bond donors (Lipinski definition) is 2. The maximum absolute atomic E-state index is 9.14. The number of aliphatic hydroxyl groups excluding tert-OH is 1. The molecule has 0 spiro atoms. The number of hydrogen-bond acceptors (Lipinski definition) is 5. The van der Waals surface area contributed by atoms with Crippen LogP contribution in [-0.4, -0.2) is 34.5 Å². The fraction of sp³-hybridized carbons (Fsp3) is 0.556. The molecule has 3 N–H and O–H groups in total. The van der Waals surface area contributed by atoms with Crippen molar-refractivity contribution >= 4 is 11.6 Å². The lowest BCUT2D eigenvalue weighted by molar-refractivity contribution is 0.266. The van der Waals surface area contributed by atoms with E-state index in [4.69, 9.17) is 10.8 Å². The normalized spacial score (nSPS) is 21.5. The van der Waals surface area contributed by atoms with Gasteiger partial charge < -0.3 is 15.7 Å². The van der Waals surface area contributed by atoms with E-state index in [0.717, 1.165) is 25.2 Å². The van der Waals surface area contributed by atoms with Crippen LogP contribution in [0.2, 0.25) is 0 Å². The Balaban J connectivity index is 2.17. The van der Waals surface area contributed by atoms with Gasteiger partial charge in [-0.3, -0.25) is 0 Å². The Bertz CT molecular complexity index is 300. The van der Waals surface area contributed by atoms with Gasteiger partial charge in [-0.05, 0) is 25.0 Å². The van der Waals surface area contributed by atoms with Crippen molar-refractivity contribution in [1.29, 1.82) is 0 Å². The third kappa shape index (κ3) is 1.63. The maximum Gasteiger partial charge on any atom is 0.151 e. The number of aromatic nitrogens is 2. The van der Waals surface area contributed by atoms with E-state index in [-0.39, 0.29) is 12.6 Å². The highest BCUT2D eigenvalue weighted by Crippen LogP contribution is 2.22. The number of rotatable bonds is 2. The van der Waals surface area contributed by atoms with Crippen LogP contribution in [0.25, 0.3) is 0 Å². The first-order valence-corrected chi connectivity index (χ1v) is 4.78. The zero-order valence-electron chi connectivity index (χ0n) is 7.93. The summed E-state index contributed by atoms with van der Waals surface area (Å²) < 4.78 is 0. The van der Waals surface area contributed by atoms with Crippen molar-refractivity contribution in [1.82, 2.24) is 10.2 Å². The van der Waals surface area contributed by atoms with Gasteiger partial charge in [-0.1, -0.05) is 0 Å².